The third-order valence-corrected chi connectivity index (χ3v) is 6.28. The molecule has 0 aromatic carbocycles. The smallest absolute Gasteiger partial charge is 0.330 e. The van der Waals surface area contributed by atoms with Crippen LogP contribution in [0.1, 0.15) is 142 Å². The molecule has 0 aliphatic rings. The van der Waals surface area contributed by atoms with Crippen molar-refractivity contribution in [2.24, 2.45) is 0 Å². The molecule has 0 bridgehead atoms. The van der Waals surface area contributed by atoms with Gasteiger partial charge >= 0.3 is 11.9 Å². The molecular formula is C30H55NO5. The average molecular weight is 510 g/mol. The fourth-order valence-corrected chi connectivity index (χ4v) is 4.00. The van der Waals surface area contributed by atoms with Gasteiger partial charge in [0.05, 0.1) is 13.2 Å². The van der Waals surface area contributed by atoms with Crippen LogP contribution < -0.4 is 5.32 Å². The summed E-state index contributed by atoms with van der Waals surface area (Å²) < 4.78 is 10.3. The van der Waals surface area contributed by atoms with Crippen LogP contribution in [-0.4, -0.2) is 37.6 Å². The zero-order chi connectivity index (χ0) is 26.5. The first-order valence-corrected chi connectivity index (χ1v) is 14.9. The summed E-state index contributed by atoms with van der Waals surface area (Å²) in [5.74, 6) is -1.51. The molecule has 6 nitrogen and oxygen atoms in total. The van der Waals surface area contributed by atoms with Crippen molar-refractivity contribution in [3.63, 3.8) is 0 Å². The van der Waals surface area contributed by atoms with Crippen molar-refractivity contribution in [2.45, 2.75) is 142 Å². The van der Waals surface area contributed by atoms with Gasteiger partial charge in [-0.3, -0.25) is 9.59 Å². The number of ether oxygens (including phenoxy) is 2. The van der Waals surface area contributed by atoms with Gasteiger partial charge in [-0.25, -0.2) is 4.79 Å². The Morgan fingerprint density at radius 1 is 0.528 bits per heavy atom. The van der Waals surface area contributed by atoms with Gasteiger partial charge in [-0.15, -0.1) is 0 Å². The van der Waals surface area contributed by atoms with Gasteiger partial charge < -0.3 is 14.8 Å². The van der Waals surface area contributed by atoms with Gasteiger partial charge in [0.2, 0.25) is 5.91 Å². The minimum atomic E-state index is -0.537. The predicted octanol–water partition coefficient (Wildman–Crippen LogP) is 7.59. The molecule has 0 aliphatic heterocycles. The van der Waals surface area contributed by atoms with Gasteiger partial charge in [0, 0.05) is 12.2 Å². The minimum Gasteiger partial charge on any atom is -0.464 e. The summed E-state index contributed by atoms with van der Waals surface area (Å²) in [5, 5.41) is 2.43. The van der Waals surface area contributed by atoms with Crippen LogP contribution in [0.5, 0.6) is 0 Å². The highest BCUT2D eigenvalue weighted by molar-refractivity contribution is 5.95. The van der Waals surface area contributed by atoms with E-state index in [1.54, 1.807) is 0 Å². The van der Waals surface area contributed by atoms with Gasteiger partial charge in [0.25, 0.3) is 0 Å². The van der Waals surface area contributed by atoms with Crippen LogP contribution in [0.4, 0.5) is 0 Å². The SMILES string of the molecule is CCCCCCCCCCCCOC(=O)/C=C\C(=O)NCC(=O)OCCCCCCCCCCCC. The van der Waals surface area contributed by atoms with Gasteiger partial charge in [-0.1, -0.05) is 129 Å². The van der Waals surface area contributed by atoms with Crippen molar-refractivity contribution >= 4 is 17.8 Å². The molecule has 36 heavy (non-hydrogen) atoms. The van der Waals surface area contributed by atoms with E-state index in [9.17, 15) is 14.4 Å². The Morgan fingerprint density at radius 3 is 1.36 bits per heavy atom. The lowest BCUT2D eigenvalue weighted by Gasteiger charge is -2.06. The summed E-state index contributed by atoms with van der Waals surface area (Å²) in [6, 6.07) is 0. The number of amides is 1. The van der Waals surface area contributed by atoms with Gasteiger partial charge in [-0.2, -0.15) is 0 Å². The number of carbonyl (C=O) groups excluding carboxylic acids is 3. The van der Waals surface area contributed by atoms with E-state index in [-0.39, 0.29) is 6.54 Å². The van der Waals surface area contributed by atoms with Crippen LogP contribution in [0.2, 0.25) is 0 Å². The zero-order valence-corrected chi connectivity index (χ0v) is 23.5. The molecule has 0 rings (SSSR count). The molecule has 6 heteroatoms. The molecule has 0 aromatic heterocycles. The van der Waals surface area contributed by atoms with Crippen LogP contribution in [0.25, 0.3) is 0 Å². The number of rotatable bonds is 26. The van der Waals surface area contributed by atoms with Crippen LogP contribution in [-0.2, 0) is 23.9 Å². The number of esters is 2. The molecule has 0 spiro atoms. The van der Waals surface area contributed by atoms with Gasteiger partial charge in [0.1, 0.15) is 6.54 Å². The summed E-state index contributed by atoms with van der Waals surface area (Å²) in [5.41, 5.74) is 0. The number of carbonyl (C=O) groups is 3. The van der Waals surface area contributed by atoms with E-state index in [2.05, 4.69) is 19.2 Å². The molecular weight excluding hydrogens is 454 g/mol. The molecule has 0 radical (unpaired) electrons. The average Bonchev–Trinajstić information content (AvgIpc) is 2.88. The molecule has 0 atom stereocenters. The molecule has 0 aromatic rings. The molecule has 0 saturated carbocycles. The third-order valence-electron chi connectivity index (χ3n) is 6.28. The number of hydrogen-bond acceptors (Lipinski definition) is 5. The largest absolute Gasteiger partial charge is 0.464 e. The van der Waals surface area contributed by atoms with Crippen molar-refractivity contribution in [3.05, 3.63) is 12.2 Å². The Morgan fingerprint density at radius 2 is 0.917 bits per heavy atom. The topological polar surface area (TPSA) is 81.7 Å². The Bertz CT molecular complexity index is 562. The molecule has 0 heterocycles. The Balaban J connectivity index is 3.52. The summed E-state index contributed by atoms with van der Waals surface area (Å²) in [6.45, 7) is 5.01. The van der Waals surface area contributed by atoms with E-state index in [0.29, 0.717) is 13.2 Å². The first-order valence-electron chi connectivity index (χ1n) is 14.9. The van der Waals surface area contributed by atoms with E-state index in [0.717, 1.165) is 37.8 Å². The second-order valence-corrected chi connectivity index (χ2v) is 9.80. The van der Waals surface area contributed by atoms with Crippen molar-refractivity contribution in [3.8, 4) is 0 Å². The molecule has 0 fully saturated rings. The number of nitrogens with one attached hydrogen (secondary N) is 1. The van der Waals surface area contributed by atoms with Crippen molar-refractivity contribution in [1.82, 2.24) is 5.32 Å². The highest BCUT2D eigenvalue weighted by atomic mass is 16.5. The maximum atomic E-state index is 11.8. The first-order chi connectivity index (χ1) is 17.6. The van der Waals surface area contributed by atoms with E-state index < -0.39 is 17.8 Å². The Labute approximate surface area is 221 Å². The zero-order valence-electron chi connectivity index (χ0n) is 23.5. The maximum absolute atomic E-state index is 11.8. The monoisotopic (exact) mass is 509 g/mol. The quantitative estimate of drug-likeness (QED) is 0.0738. The Hall–Kier alpha value is -1.85. The molecule has 1 N–H and O–H groups in total. The molecule has 210 valence electrons. The van der Waals surface area contributed by atoms with E-state index >= 15 is 0 Å². The minimum absolute atomic E-state index is 0.200. The summed E-state index contributed by atoms with van der Waals surface area (Å²) in [7, 11) is 0. The van der Waals surface area contributed by atoms with Crippen molar-refractivity contribution < 1.29 is 23.9 Å². The highest BCUT2D eigenvalue weighted by Crippen LogP contribution is 2.11. The van der Waals surface area contributed by atoms with Crippen molar-refractivity contribution in [1.29, 1.82) is 0 Å². The highest BCUT2D eigenvalue weighted by Gasteiger charge is 2.05. The van der Waals surface area contributed by atoms with Crippen molar-refractivity contribution in [2.75, 3.05) is 19.8 Å². The lowest BCUT2D eigenvalue weighted by molar-refractivity contribution is -0.143. The molecule has 1 amide bonds. The molecule has 0 unspecified atom stereocenters. The number of unbranched alkanes of at least 4 members (excludes halogenated alkanes) is 18. The normalized spacial score (nSPS) is 11.1. The van der Waals surface area contributed by atoms with E-state index in [1.165, 1.54) is 103 Å². The predicted molar refractivity (Wildman–Crippen MR) is 148 cm³/mol. The van der Waals surface area contributed by atoms with E-state index in [4.69, 9.17) is 9.47 Å². The van der Waals surface area contributed by atoms with Crippen LogP contribution >= 0.6 is 0 Å². The molecule has 0 aliphatic carbocycles. The standard InChI is InChI=1S/C30H55NO5/c1-3-5-7-9-11-13-15-17-19-21-25-35-29(33)24-23-28(32)31-27-30(34)36-26-22-20-18-16-14-12-10-8-6-4-2/h23-24H,3-22,25-27H2,1-2H3,(H,31,32)/b24-23-. The number of hydrogen-bond donors (Lipinski definition) is 1. The summed E-state index contributed by atoms with van der Waals surface area (Å²) in [6.07, 6.45) is 26.6. The Kier molecular flexibility index (Phi) is 26.3. The summed E-state index contributed by atoms with van der Waals surface area (Å²) in [4.78, 5) is 35.2. The lowest BCUT2D eigenvalue weighted by atomic mass is 10.1. The first kappa shape index (κ1) is 34.1. The fraction of sp³-hybridized carbons (Fsp3) is 0.833. The maximum Gasteiger partial charge on any atom is 0.330 e. The fourth-order valence-electron chi connectivity index (χ4n) is 4.00. The molecule has 0 saturated heterocycles. The van der Waals surface area contributed by atoms with Crippen LogP contribution in [0, 0.1) is 0 Å². The second-order valence-electron chi connectivity index (χ2n) is 9.80. The summed E-state index contributed by atoms with van der Waals surface area (Å²) >= 11 is 0. The van der Waals surface area contributed by atoms with E-state index in [1.807, 2.05) is 0 Å². The van der Waals surface area contributed by atoms with Gasteiger partial charge in [0.15, 0.2) is 0 Å². The third kappa shape index (κ3) is 26.7. The van der Waals surface area contributed by atoms with Gasteiger partial charge in [-0.05, 0) is 12.8 Å². The lowest BCUT2D eigenvalue weighted by Crippen LogP contribution is -2.29. The van der Waals surface area contributed by atoms with Crippen LogP contribution in [0.3, 0.4) is 0 Å². The second kappa shape index (κ2) is 27.7. The van der Waals surface area contributed by atoms with Crippen LogP contribution in [0.15, 0.2) is 12.2 Å².